The van der Waals surface area contributed by atoms with Gasteiger partial charge >= 0.3 is 0 Å². The van der Waals surface area contributed by atoms with Crippen molar-refractivity contribution in [2.45, 2.75) is 31.6 Å². The van der Waals surface area contributed by atoms with Crippen LogP contribution in [0.5, 0.6) is 0 Å². The molecular formula is C21H20O. The highest BCUT2D eigenvalue weighted by Crippen LogP contribution is 2.33. The normalized spacial score (nSPS) is 19.1. The molecule has 0 amide bonds. The number of carbonyl (C=O) groups is 1. The van der Waals surface area contributed by atoms with E-state index in [9.17, 15) is 4.79 Å². The second kappa shape index (κ2) is 7.09. The molecule has 1 unspecified atom stereocenters. The molecule has 2 aromatic rings. The van der Waals surface area contributed by atoms with E-state index >= 15 is 0 Å². The Hall–Kier alpha value is -2.33. The predicted molar refractivity (Wildman–Crippen MR) is 89.5 cm³/mol. The zero-order valence-electron chi connectivity index (χ0n) is 12.7. The van der Waals surface area contributed by atoms with Gasteiger partial charge in [0.25, 0.3) is 0 Å². The Morgan fingerprint density at radius 2 is 1.59 bits per heavy atom. The van der Waals surface area contributed by atoms with E-state index in [-0.39, 0.29) is 11.8 Å². The van der Waals surface area contributed by atoms with Gasteiger partial charge in [0.15, 0.2) is 0 Å². The van der Waals surface area contributed by atoms with Crippen LogP contribution in [0.3, 0.4) is 0 Å². The first kappa shape index (κ1) is 14.6. The van der Waals surface area contributed by atoms with E-state index < -0.39 is 0 Å². The number of ketones is 1. The van der Waals surface area contributed by atoms with Crippen LogP contribution < -0.4 is 0 Å². The van der Waals surface area contributed by atoms with Crippen molar-refractivity contribution in [2.24, 2.45) is 5.92 Å². The fourth-order valence-corrected chi connectivity index (χ4v) is 3.12. The van der Waals surface area contributed by atoms with Crippen molar-refractivity contribution in [3.05, 3.63) is 71.8 Å². The lowest BCUT2D eigenvalue weighted by Crippen LogP contribution is -2.25. The van der Waals surface area contributed by atoms with Crippen molar-refractivity contribution in [3.8, 4) is 11.8 Å². The Morgan fingerprint density at radius 3 is 2.27 bits per heavy atom. The van der Waals surface area contributed by atoms with E-state index in [1.54, 1.807) is 0 Å². The topological polar surface area (TPSA) is 17.1 Å². The van der Waals surface area contributed by atoms with Gasteiger partial charge in [-0.3, -0.25) is 4.79 Å². The number of hydrogen-bond acceptors (Lipinski definition) is 1. The molecule has 0 spiro atoms. The lowest BCUT2D eigenvalue weighted by molar-refractivity contribution is -0.124. The van der Waals surface area contributed by atoms with Crippen LogP contribution in [0.1, 0.15) is 42.7 Å². The second-order valence-electron chi connectivity index (χ2n) is 5.84. The Bertz CT molecular complexity index is 676. The zero-order valence-corrected chi connectivity index (χ0v) is 12.7. The molecule has 0 aromatic heterocycles. The summed E-state index contributed by atoms with van der Waals surface area (Å²) in [6.07, 6.45) is 3.83. The van der Waals surface area contributed by atoms with Crippen LogP contribution in [0.25, 0.3) is 0 Å². The molecule has 110 valence electrons. The number of carbonyl (C=O) groups excluding carboxylic acids is 1. The fraction of sp³-hybridized carbons (Fsp3) is 0.286. The minimum Gasteiger partial charge on any atom is -0.299 e. The van der Waals surface area contributed by atoms with Crippen molar-refractivity contribution in [2.75, 3.05) is 0 Å². The van der Waals surface area contributed by atoms with Gasteiger partial charge in [0, 0.05) is 17.9 Å². The molecule has 0 bridgehead atoms. The predicted octanol–water partition coefficient (Wildman–Crippen LogP) is 4.58. The van der Waals surface area contributed by atoms with Crippen LogP contribution in [-0.4, -0.2) is 5.78 Å². The maximum atomic E-state index is 12.4. The number of benzene rings is 2. The van der Waals surface area contributed by atoms with E-state index in [4.69, 9.17) is 0 Å². The summed E-state index contributed by atoms with van der Waals surface area (Å²) >= 11 is 0. The zero-order chi connectivity index (χ0) is 15.2. The Balaban J connectivity index is 1.93. The molecule has 2 aromatic carbocycles. The molecule has 0 saturated heterocycles. The molecule has 0 N–H and O–H groups in total. The van der Waals surface area contributed by atoms with Crippen molar-refractivity contribution >= 4 is 5.78 Å². The third-order valence-electron chi connectivity index (χ3n) is 4.31. The highest BCUT2D eigenvalue weighted by molar-refractivity contribution is 5.83. The molecule has 2 atom stereocenters. The van der Waals surface area contributed by atoms with Crippen molar-refractivity contribution < 1.29 is 4.79 Å². The average molecular weight is 288 g/mol. The van der Waals surface area contributed by atoms with Gasteiger partial charge in [0.1, 0.15) is 5.78 Å². The van der Waals surface area contributed by atoms with Crippen molar-refractivity contribution in [3.63, 3.8) is 0 Å². The summed E-state index contributed by atoms with van der Waals surface area (Å²) < 4.78 is 0. The second-order valence-corrected chi connectivity index (χ2v) is 5.84. The van der Waals surface area contributed by atoms with Crippen LogP contribution >= 0.6 is 0 Å². The summed E-state index contributed by atoms with van der Waals surface area (Å²) in [5.74, 6) is 7.07. The molecular weight excluding hydrogens is 268 g/mol. The monoisotopic (exact) mass is 288 g/mol. The number of Topliss-reactive ketones (excluding diaryl/α,β-unsaturated/α-hetero) is 1. The maximum absolute atomic E-state index is 12.4. The molecule has 0 aliphatic heterocycles. The smallest absolute Gasteiger partial charge is 0.137 e. The molecule has 1 fully saturated rings. The van der Waals surface area contributed by atoms with E-state index in [0.717, 1.165) is 30.4 Å². The lowest BCUT2D eigenvalue weighted by atomic mass is 9.76. The highest BCUT2D eigenvalue weighted by Gasteiger charge is 2.30. The summed E-state index contributed by atoms with van der Waals surface area (Å²) in [7, 11) is 0. The van der Waals surface area contributed by atoms with Crippen LogP contribution in [0.4, 0.5) is 0 Å². The highest BCUT2D eigenvalue weighted by atomic mass is 16.1. The quantitative estimate of drug-likeness (QED) is 0.739. The molecule has 1 nitrogen and oxygen atoms in total. The summed E-state index contributed by atoms with van der Waals surface area (Å²) in [6.45, 7) is 0. The molecule has 0 radical (unpaired) electrons. The Labute approximate surface area is 132 Å². The molecule has 1 saturated carbocycles. The standard InChI is InChI=1S/C21H20O/c22-21-14-8-7-13-20(21)19(18-11-5-2-6-12-18)16-15-17-9-3-1-4-10-17/h1-6,9-12,19-20H,7-8,13-14H2/t19-,20?/m1/s1. The van der Waals surface area contributed by atoms with E-state index in [2.05, 4.69) is 24.0 Å². The summed E-state index contributed by atoms with van der Waals surface area (Å²) in [5.41, 5.74) is 2.16. The first-order chi connectivity index (χ1) is 10.8. The third kappa shape index (κ3) is 3.46. The van der Waals surface area contributed by atoms with Crippen molar-refractivity contribution in [1.29, 1.82) is 0 Å². The molecule has 1 aliphatic rings. The van der Waals surface area contributed by atoms with E-state index in [0.29, 0.717) is 12.2 Å². The molecule has 3 rings (SSSR count). The SMILES string of the molecule is O=C1CCCCC1[C@H](C#Cc1ccccc1)c1ccccc1. The van der Waals surface area contributed by atoms with Crippen LogP contribution in [0.2, 0.25) is 0 Å². The third-order valence-corrected chi connectivity index (χ3v) is 4.31. The number of hydrogen-bond donors (Lipinski definition) is 0. The first-order valence-electron chi connectivity index (χ1n) is 7.99. The average Bonchev–Trinajstić information content (AvgIpc) is 2.58. The largest absolute Gasteiger partial charge is 0.299 e. The van der Waals surface area contributed by atoms with Gasteiger partial charge in [0.2, 0.25) is 0 Å². The minimum atomic E-state index is 0.00852. The number of rotatable bonds is 2. The summed E-state index contributed by atoms with van der Waals surface area (Å²) in [4.78, 5) is 12.4. The van der Waals surface area contributed by atoms with Crippen LogP contribution in [-0.2, 0) is 4.79 Å². The Morgan fingerprint density at radius 1 is 0.909 bits per heavy atom. The van der Waals surface area contributed by atoms with Crippen LogP contribution in [0, 0.1) is 17.8 Å². The summed E-state index contributed by atoms with van der Waals surface area (Å²) in [5, 5.41) is 0. The maximum Gasteiger partial charge on any atom is 0.137 e. The Kier molecular flexibility index (Phi) is 4.71. The van der Waals surface area contributed by atoms with Crippen molar-refractivity contribution in [1.82, 2.24) is 0 Å². The van der Waals surface area contributed by atoms with Gasteiger partial charge in [-0.2, -0.15) is 0 Å². The van der Waals surface area contributed by atoms with Gasteiger partial charge in [0.05, 0.1) is 5.92 Å². The first-order valence-corrected chi connectivity index (χ1v) is 7.99. The van der Waals surface area contributed by atoms with Gasteiger partial charge < -0.3 is 0 Å². The van der Waals surface area contributed by atoms with Crippen LogP contribution in [0.15, 0.2) is 60.7 Å². The van der Waals surface area contributed by atoms with Gasteiger partial charge in [-0.1, -0.05) is 66.8 Å². The van der Waals surface area contributed by atoms with E-state index in [1.165, 1.54) is 0 Å². The molecule has 22 heavy (non-hydrogen) atoms. The molecule has 0 heterocycles. The van der Waals surface area contributed by atoms with Gasteiger partial charge in [-0.25, -0.2) is 0 Å². The summed E-state index contributed by atoms with van der Waals surface area (Å²) in [6, 6.07) is 20.2. The van der Waals surface area contributed by atoms with Gasteiger partial charge in [-0.05, 0) is 30.5 Å². The lowest BCUT2D eigenvalue weighted by Gasteiger charge is -2.26. The minimum absolute atomic E-state index is 0.00852. The molecule has 1 aliphatic carbocycles. The molecule has 1 heteroatoms. The fourth-order valence-electron chi connectivity index (χ4n) is 3.12. The van der Waals surface area contributed by atoms with Gasteiger partial charge in [-0.15, -0.1) is 0 Å². The van der Waals surface area contributed by atoms with E-state index in [1.807, 2.05) is 48.5 Å².